The second-order valence-electron chi connectivity index (χ2n) is 7.70. The molecule has 1 saturated heterocycles. The molecule has 1 fully saturated rings. The number of hydrogen-bond donors (Lipinski definition) is 2. The highest BCUT2D eigenvalue weighted by molar-refractivity contribution is 7.10. The van der Waals surface area contributed by atoms with Gasteiger partial charge in [0, 0.05) is 24.5 Å². The van der Waals surface area contributed by atoms with Crippen LogP contribution in [0.4, 0.5) is 10.8 Å². The maximum absolute atomic E-state index is 6.07. The Balaban J connectivity index is 1.32. The predicted octanol–water partition coefficient (Wildman–Crippen LogP) is 3.24. The van der Waals surface area contributed by atoms with E-state index in [1.54, 1.807) is 6.20 Å². The molecule has 1 atom stereocenters. The summed E-state index contributed by atoms with van der Waals surface area (Å²) in [6, 6.07) is 2.03. The van der Waals surface area contributed by atoms with Crippen LogP contribution in [0.1, 0.15) is 24.2 Å². The molecule has 2 N–H and O–H groups in total. The number of fused-ring (bicyclic) bond motifs is 1. The Hall–Kier alpha value is -2.82. The minimum atomic E-state index is 0.284. The Bertz CT molecular complexity index is 1140. The van der Waals surface area contributed by atoms with E-state index in [4.69, 9.17) is 4.74 Å². The van der Waals surface area contributed by atoms with Crippen molar-refractivity contribution in [1.29, 1.82) is 0 Å². The number of H-pyrrole nitrogens is 1. The van der Waals surface area contributed by atoms with Gasteiger partial charge in [-0.15, -0.1) is 0 Å². The molecule has 1 aliphatic heterocycles. The van der Waals surface area contributed by atoms with Crippen molar-refractivity contribution < 1.29 is 4.74 Å². The third kappa shape index (κ3) is 3.93. The number of likely N-dealkylation sites (N-methyl/N-ethyl adjacent to an activating group) is 1. The van der Waals surface area contributed by atoms with E-state index >= 15 is 0 Å². The molecule has 4 aromatic rings. The van der Waals surface area contributed by atoms with Crippen LogP contribution in [0.5, 0.6) is 0 Å². The Morgan fingerprint density at radius 2 is 2.30 bits per heavy atom. The average Bonchev–Trinajstić information content (AvgIpc) is 3.47. The van der Waals surface area contributed by atoms with E-state index in [9.17, 15) is 0 Å². The van der Waals surface area contributed by atoms with Crippen LogP contribution < -0.4 is 5.32 Å². The van der Waals surface area contributed by atoms with Gasteiger partial charge >= 0.3 is 0 Å². The maximum Gasteiger partial charge on any atom is 0.180 e. The van der Waals surface area contributed by atoms with Gasteiger partial charge in [-0.05, 0) is 51.0 Å². The van der Waals surface area contributed by atoms with Crippen LogP contribution in [0.3, 0.4) is 0 Å². The number of aryl methyl sites for hydroxylation is 1. The van der Waals surface area contributed by atoms with Crippen LogP contribution in [-0.4, -0.2) is 60.1 Å². The molecule has 0 bridgehead atoms. The van der Waals surface area contributed by atoms with E-state index in [1.165, 1.54) is 18.0 Å². The summed E-state index contributed by atoms with van der Waals surface area (Å²) in [5.74, 6) is 0.703. The van der Waals surface area contributed by atoms with Crippen molar-refractivity contribution in [3.63, 3.8) is 0 Å². The number of aromatic nitrogens is 6. The molecule has 1 aliphatic rings. The number of nitrogens with zero attached hydrogens (tertiary/aromatic N) is 6. The Kier molecular flexibility index (Phi) is 5.19. The normalized spacial score (nSPS) is 17.6. The Labute approximate surface area is 178 Å². The van der Waals surface area contributed by atoms with Crippen molar-refractivity contribution in [2.75, 3.05) is 25.5 Å². The largest absolute Gasteiger partial charge is 0.371 e. The van der Waals surface area contributed by atoms with Gasteiger partial charge in [0.25, 0.3) is 0 Å². The molecule has 1 unspecified atom stereocenters. The maximum atomic E-state index is 6.07. The number of rotatable bonds is 6. The van der Waals surface area contributed by atoms with Gasteiger partial charge in [0.05, 0.1) is 42.2 Å². The van der Waals surface area contributed by atoms with Crippen LogP contribution in [0.25, 0.3) is 16.9 Å². The quantitative estimate of drug-likeness (QED) is 0.490. The summed E-state index contributed by atoms with van der Waals surface area (Å²) >= 11 is 1.41. The lowest BCUT2D eigenvalue weighted by Gasteiger charge is -2.29. The summed E-state index contributed by atoms with van der Waals surface area (Å²) in [4.78, 5) is 11.5. The van der Waals surface area contributed by atoms with Crippen LogP contribution in [0.15, 0.2) is 30.9 Å². The van der Waals surface area contributed by atoms with E-state index < -0.39 is 0 Å². The van der Waals surface area contributed by atoms with Crippen LogP contribution in [-0.2, 0) is 11.3 Å². The smallest absolute Gasteiger partial charge is 0.180 e. The molecule has 0 amide bonds. The van der Waals surface area contributed by atoms with Gasteiger partial charge in [0.15, 0.2) is 11.5 Å². The summed E-state index contributed by atoms with van der Waals surface area (Å²) in [7, 11) is 2.14. The van der Waals surface area contributed by atoms with Gasteiger partial charge in [0.1, 0.15) is 5.00 Å². The van der Waals surface area contributed by atoms with Gasteiger partial charge in [-0.25, -0.2) is 9.97 Å². The lowest BCUT2D eigenvalue weighted by Crippen LogP contribution is -2.36. The zero-order chi connectivity index (χ0) is 20.5. The second kappa shape index (κ2) is 8.13. The van der Waals surface area contributed by atoms with Crippen molar-refractivity contribution in [2.24, 2.45) is 0 Å². The van der Waals surface area contributed by atoms with Crippen LogP contribution >= 0.6 is 11.5 Å². The average molecular weight is 425 g/mol. The zero-order valence-electron chi connectivity index (χ0n) is 17.0. The van der Waals surface area contributed by atoms with Gasteiger partial charge in [-0.2, -0.15) is 9.47 Å². The first-order valence-corrected chi connectivity index (χ1v) is 10.8. The highest BCUT2D eigenvalue weighted by atomic mass is 32.1. The number of aromatic amines is 1. The van der Waals surface area contributed by atoms with Crippen molar-refractivity contribution in [1.82, 2.24) is 33.8 Å². The molecule has 156 valence electrons. The molecule has 0 aliphatic carbocycles. The minimum absolute atomic E-state index is 0.284. The molecule has 0 saturated carbocycles. The fraction of sp³-hybridized carbons (Fsp3) is 0.400. The first kappa shape index (κ1) is 19.2. The molecule has 4 aromatic heterocycles. The van der Waals surface area contributed by atoms with Gasteiger partial charge in [-0.3, -0.25) is 9.50 Å². The highest BCUT2D eigenvalue weighted by Crippen LogP contribution is 2.27. The predicted molar refractivity (Wildman–Crippen MR) is 116 cm³/mol. The standard InChI is InChI=1S/C20H24N8OS/c1-13-10-28-17(14-7-22-23-8-14)9-21-20(28)19(24-13)25-18-6-15(26-30-18)12-29-16-4-3-5-27(2)11-16/h6-10,16H,3-5,11-12H2,1-2H3,(H,22,23)(H,24,25). The van der Waals surface area contributed by atoms with E-state index in [1.807, 2.05) is 36.0 Å². The van der Waals surface area contributed by atoms with Gasteiger partial charge < -0.3 is 15.0 Å². The first-order chi connectivity index (χ1) is 14.7. The molecule has 0 aromatic carbocycles. The van der Waals surface area contributed by atoms with Crippen molar-refractivity contribution in [3.8, 4) is 11.3 Å². The fourth-order valence-electron chi connectivity index (χ4n) is 3.81. The van der Waals surface area contributed by atoms with Crippen molar-refractivity contribution in [3.05, 3.63) is 42.2 Å². The van der Waals surface area contributed by atoms with Crippen molar-refractivity contribution >= 4 is 28.0 Å². The second-order valence-corrected chi connectivity index (χ2v) is 8.50. The Morgan fingerprint density at radius 1 is 1.37 bits per heavy atom. The molecule has 9 nitrogen and oxygen atoms in total. The number of anilines is 2. The summed E-state index contributed by atoms with van der Waals surface area (Å²) < 4.78 is 12.6. The topological polar surface area (TPSA) is 96.3 Å². The molecule has 30 heavy (non-hydrogen) atoms. The Morgan fingerprint density at radius 3 is 3.13 bits per heavy atom. The fourth-order valence-corrected chi connectivity index (χ4v) is 4.46. The third-order valence-electron chi connectivity index (χ3n) is 5.26. The van der Waals surface area contributed by atoms with E-state index in [0.29, 0.717) is 12.4 Å². The SMILES string of the molecule is Cc1cn2c(-c3cn[nH]c3)cnc2c(Nc2cc(COC3CCCN(C)C3)ns2)n1. The number of imidazole rings is 1. The summed E-state index contributed by atoms with van der Waals surface area (Å²) in [6.45, 7) is 4.64. The number of hydrogen-bond acceptors (Lipinski definition) is 8. The third-order valence-corrected chi connectivity index (χ3v) is 6.00. The molecule has 0 radical (unpaired) electrons. The van der Waals surface area contributed by atoms with E-state index in [-0.39, 0.29) is 6.10 Å². The number of piperidine rings is 1. The molecular formula is C20H24N8OS. The minimum Gasteiger partial charge on any atom is -0.371 e. The van der Waals surface area contributed by atoms with E-state index in [0.717, 1.165) is 52.8 Å². The summed E-state index contributed by atoms with van der Waals surface area (Å²) in [5, 5.41) is 11.2. The molecular weight excluding hydrogens is 400 g/mol. The van der Waals surface area contributed by atoms with Gasteiger partial charge in [0.2, 0.25) is 0 Å². The number of ether oxygens (including phenoxy) is 1. The lowest BCUT2D eigenvalue weighted by molar-refractivity contribution is -0.00458. The molecule has 5 rings (SSSR count). The zero-order valence-corrected chi connectivity index (χ0v) is 17.8. The summed E-state index contributed by atoms with van der Waals surface area (Å²) in [5.41, 5.74) is 4.52. The summed E-state index contributed by atoms with van der Waals surface area (Å²) in [6.07, 6.45) is 10.0. The van der Waals surface area contributed by atoms with Gasteiger partial charge in [-0.1, -0.05) is 0 Å². The van der Waals surface area contributed by atoms with Crippen LogP contribution in [0, 0.1) is 6.92 Å². The lowest BCUT2D eigenvalue weighted by atomic mass is 10.1. The number of nitrogens with one attached hydrogen (secondary N) is 2. The van der Waals surface area contributed by atoms with Crippen LogP contribution in [0.2, 0.25) is 0 Å². The van der Waals surface area contributed by atoms with Crippen molar-refractivity contribution in [2.45, 2.75) is 32.5 Å². The molecule has 10 heteroatoms. The van der Waals surface area contributed by atoms with E-state index in [2.05, 4.69) is 41.8 Å². The monoisotopic (exact) mass is 424 g/mol. The highest BCUT2D eigenvalue weighted by Gasteiger charge is 2.18. The molecule has 0 spiro atoms. The number of likely N-dealkylation sites (tertiary alicyclic amines) is 1. The first-order valence-electron chi connectivity index (χ1n) is 10.0. The molecule has 5 heterocycles.